The second-order valence-electron chi connectivity index (χ2n) is 5.45. The largest absolute Gasteiger partial charge is 0.340 e. The average Bonchev–Trinajstić information content (AvgIpc) is 2.67. The monoisotopic (exact) mass is 314 g/mol. The van der Waals surface area contributed by atoms with Crippen LogP contribution in [0.3, 0.4) is 0 Å². The number of rotatable bonds is 5. The van der Waals surface area contributed by atoms with Crippen LogP contribution in [0.25, 0.3) is 0 Å². The Morgan fingerprint density at radius 1 is 1.39 bits per heavy atom. The highest BCUT2D eigenvalue weighted by atomic mass is 79.9. The van der Waals surface area contributed by atoms with Gasteiger partial charge in [0.15, 0.2) is 0 Å². The quantitative estimate of drug-likeness (QED) is 0.807. The van der Waals surface area contributed by atoms with E-state index in [4.69, 9.17) is 0 Å². The zero-order valence-electron chi connectivity index (χ0n) is 11.9. The van der Waals surface area contributed by atoms with E-state index < -0.39 is 0 Å². The van der Waals surface area contributed by atoms with Crippen molar-refractivity contribution in [2.45, 2.75) is 40.2 Å². The van der Waals surface area contributed by atoms with Crippen LogP contribution in [0.4, 0.5) is 0 Å². The number of hydrogen-bond donors (Lipinski definition) is 0. The van der Waals surface area contributed by atoms with E-state index in [9.17, 15) is 4.79 Å². The Kier molecular flexibility index (Phi) is 5.45. The molecule has 0 saturated carbocycles. The van der Waals surface area contributed by atoms with Crippen molar-refractivity contribution in [2.24, 2.45) is 5.92 Å². The standard InChI is InChI=1S/C14H23BrN2O/c1-10(2)6-7-16(5)14(18)13-8-12(15)9-17(13)11(3)4/h8-11H,6-7H2,1-5H3. The number of amides is 1. The van der Waals surface area contributed by atoms with Gasteiger partial charge in [-0.2, -0.15) is 0 Å². The van der Waals surface area contributed by atoms with Gasteiger partial charge in [-0.1, -0.05) is 13.8 Å². The summed E-state index contributed by atoms with van der Waals surface area (Å²) >= 11 is 3.44. The number of carbonyl (C=O) groups excluding carboxylic acids is 1. The third-order valence-corrected chi connectivity index (χ3v) is 3.41. The Morgan fingerprint density at radius 3 is 2.50 bits per heavy atom. The maximum absolute atomic E-state index is 12.4. The van der Waals surface area contributed by atoms with Gasteiger partial charge in [-0.25, -0.2) is 0 Å². The molecule has 102 valence electrons. The molecule has 0 aliphatic heterocycles. The Balaban J connectivity index is 2.83. The molecule has 0 unspecified atom stereocenters. The summed E-state index contributed by atoms with van der Waals surface area (Å²) in [7, 11) is 1.87. The van der Waals surface area contributed by atoms with E-state index in [2.05, 4.69) is 43.6 Å². The molecule has 1 rings (SSSR count). The fraction of sp³-hybridized carbons (Fsp3) is 0.643. The third kappa shape index (κ3) is 3.87. The van der Waals surface area contributed by atoms with Crippen LogP contribution in [0.5, 0.6) is 0 Å². The van der Waals surface area contributed by atoms with E-state index in [1.807, 2.05) is 23.9 Å². The summed E-state index contributed by atoms with van der Waals surface area (Å²) < 4.78 is 2.97. The van der Waals surface area contributed by atoms with E-state index in [1.165, 1.54) is 0 Å². The van der Waals surface area contributed by atoms with Crippen molar-refractivity contribution >= 4 is 21.8 Å². The summed E-state index contributed by atoms with van der Waals surface area (Å²) in [5.41, 5.74) is 0.753. The van der Waals surface area contributed by atoms with Crippen molar-refractivity contribution in [3.8, 4) is 0 Å². The zero-order chi connectivity index (χ0) is 13.9. The molecule has 0 saturated heterocycles. The van der Waals surface area contributed by atoms with Crippen LogP contribution in [0, 0.1) is 5.92 Å². The lowest BCUT2D eigenvalue weighted by molar-refractivity contribution is 0.0777. The number of carbonyl (C=O) groups is 1. The van der Waals surface area contributed by atoms with Gasteiger partial charge in [0.05, 0.1) is 0 Å². The van der Waals surface area contributed by atoms with E-state index in [1.54, 1.807) is 4.90 Å². The summed E-state index contributed by atoms with van der Waals surface area (Å²) in [6.45, 7) is 9.31. The lowest BCUT2D eigenvalue weighted by Crippen LogP contribution is -2.30. The minimum atomic E-state index is 0.0926. The predicted molar refractivity (Wildman–Crippen MR) is 78.9 cm³/mol. The minimum Gasteiger partial charge on any atom is -0.340 e. The number of halogens is 1. The van der Waals surface area contributed by atoms with Crippen molar-refractivity contribution in [2.75, 3.05) is 13.6 Å². The smallest absolute Gasteiger partial charge is 0.270 e. The fourth-order valence-electron chi connectivity index (χ4n) is 1.79. The lowest BCUT2D eigenvalue weighted by Gasteiger charge is -2.20. The fourth-order valence-corrected chi connectivity index (χ4v) is 2.23. The molecule has 0 aliphatic carbocycles. The molecular formula is C14H23BrN2O. The Labute approximate surface area is 118 Å². The third-order valence-electron chi connectivity index (χ3n) is 2.98. The predicted octanol–water partition coefficient (Wildman–Crippen LogP) is 3.95. The Morgan fingerprint density at radius 2 is 2.00 bits per heavy atom. The van der Waals surface area contributed by atoms with Crippen LogP contribution in [0.1, 0.15) is 50.6 Å². The molecule has 0 N–H and O–H groups in total. The molecule has 1 heterocycles. The first-order valence-corrected chi connectivity index (χ1v) is 7.25. The van der Waals surface area contributed by atoms with Crippen molar-refractivity contribution in [1.82, 2.24) is 9.47 Å². The van der Waals surface area contributed by atoms with Gasteiger partial charge < -0.3 is 9.47 Å². The first kappa shape index (κ1) is 15.3. The van der Waals surface area contributed by atoms with E-state index in [-0.39, 0.29) is 11.9 Å². The maximum atomic E-state index is 12.4. The molecule has 1 amide bonds. The molecule has 3 nitrogen and oxygen atoms in total. The first-order valence-electron chi connectivity index (χ1n) is 6.45. The van der Waals surface area contributed by atoms with Crippen molar-refractivity contribution < 1.29 is 4.79 Å². The zero-order valence-corrected chi connectivity index (χ0v) is 13.5. The van der Waals surface area contributed by atoms with Crippen LogP contribution in [-0.2, 0) is 0 Å². The number of aromatic nitrogens is 1. The van der Waals surface area contributed by atoms with Crippen LogP contribution >= 0.6 is 15.9 Å². The van der Waals surface area contributed by atoms with Gasteiger partial charge in [0.25, 0.3) is 5.91 Å². The van der Waals surface area contributed by atoms with Crippen LogP contribution in [-0.4, -0.2) is 29.0 Å². The molecule has 0 radical (unpaired) electrons. The summed E-state index contributed by atoms with van der Waals surface area (Å²) in [6.07, 6.45) is 3.00. The van der Waals surface area contributed by atoms with Gasteiger partial charge in [-0.3, -0.25) is 4.79 Å². The SMILES string of the molecule is CC(C)CCN(C)C(=O)c1cc(Br)cn1C(C)C. The maximum Gasteiger partial charge on any atom is 0.270 e. The van der Waals surface area contributed by atoms with Gasteiger partial charge in [0.1, 0.15) is 5.69 Å². The molecule has 1 aromatic rings. The molecule has 4 heteroatoms. The van der Waals surface area contributed by atoms with E-state index >= 15 is 0 Å². The van der Waals surface area contributed by atoms with Gasteiger partial charge in [0, 0.05) is 30.3 Å². The molecule has 0 spiro atoms. The lowest BCUT2D eigenvalue weighted by atomic mass is 10.1. The molecule has 18 heavy (non-hydrogen) atoms. The summed E-state index contributed by atoms with van der Waals surface area (Å²) in [5.74, 6) is 0.707. The number of hydrogen-bond acceptors (Lipinski definition) is 1. The van der Waals surface area contributed by atoms with E-state index in [0.29, 0.717) is 5.92 Å². The average molecular weight is 315 g/mol. The second kappa shape index (κ2) is 6.41. The van der Waals surface area contributed by atoms with Crippen LogP contribution < -0.4 is 0 Å². The molecule has 0 atom stereocenters. The second-order valence-corrected chi connectivity index (χ2v) is 6.37. The molecule has 0 aliphatic rings. The van der Waals surface area contributed by atoms with Gasteiger partial charge in [0.2, 0.25) is 0 Å². The molecule has 0 fully saturated rings. The molecule has 0 aromatic carbocycles. The van der Waals surface area contributed by atoms with Crippen molar-refractivity contribution in [3.63, 3.8) is 0 Å². The highest BCUT2D eigenvalue weighted by Crippen LogP contribution is 2.20. The first-order chi connectivity index (χ1) is 8.32. The Hall–Kier alpha value is -0.770. The minimum absolute atomic E-state index is 0.0926. The highest BCUT2D eigenvalue weighted by molar-refractivity contribution is 9.10. The van der Waals surface area contributed by atoms with Crippen molar-refractivity contribution in [3.05, 3.63) is 22.4 Å². The molecular weight excluding hydrogens is 292 g/mol. The van der Waals surface area contributed by atoms with Gasteiger partial charge in [-0.05, 0) is 48.2 Å². The van der Waals surface area contributed by atoms with Crippen LogP contribution in [0.15, 0.2) is 16.7 Å². The summed E-state index contributed by atoms with van der Waals surface area (Å²) in [4.78, 5) is 14.2. The van der Waals surface area contributed by atoms with Gasteiger partial charge in [-0.15, -0.1) is 0 Å². The normalized spacial score (nSPS) is 11.3. The summed E-state index contributed by atoms with van der Waals surface area (Å²) in [5, 5.41) is 0. The molecule has 0 bridgehead atoms. The number of nitrogens with zero attached hydrogens (tertiary/aromatic N) is 2. The highest BCUT2D eigenvalue weighted by Gasteiger charge is 2.18. The molecule has 1 aromatic heterocycles. The van der Waals surface area contributed by atoms with Gasteiger partial charge >= 0.3 is 0 Å². The topological polar surface area (TPSA) is 25.2 Å². The summed E-state index contributed by atoms with van der Waals surface area (Å²) in [6, 6.07) is 2.18. The van der Waals surface area contributed by atoms with Crippen LogP contribution in [0.2, 0.25) is 0 Å². The van der Waals surface area contributed by atoms with E-state index in [0.717, 1.165) is 23.1 Å². The Bertz CT molecular complexity index is 410. The van der Waals surface area contributed by atoms with Crippen molar-refractivity contribution in [1.29, 1.82) is 0 Å².